The van der Waals surface area contributed by atoms with Gasteiger partial charge in [-0.2, -0.15) is 11.8 Å². The molecule has 4 nitrogen and oxygen atoms in total. The molecule has 1 aliphatic heterocycles. The van der Waals surface area contributed by atoms with Crippen LogP contribution in [0.4, 0.5) is 0 Å². The summed E-state index contributed by atoms with van der Waals surface area (Å²) in [6, 6.07) is 4.37. The Labute approximate surface area is 138 Å². The number of likely N-dealkylation sites (tertiary alicyclic amines) is 1. The molecule has 1 amide bonds. The normalized spacial score (nSPS) is 22.0. The van der Waals surface area contributed by atoms with E-state index in [2.05, 4.69) is 35.1 Å². The van der Waals surface area contributed by atoms with Crippen LogP contribution in [0.1, 0.15) is 31.0 Å². The number of aryl methyl sites for hydroxylation is 1. The Kier molecular flexibility index (Phi) is 6.70. The maximum absolute atomic E-state index is 11.9. The molecule has 1 aromatic rings. The summed E-state index contributed by atoms with van der Waals surface area (Å²) in [5, 5.41) is 3.22. The predicted octanol–water partition coefficient (Wildman–Crippen LogP) is 2.47. The van der Waals surface area contributed by atoms with E-state index < -0.39 is 0 Å². The Hall–Kier alpha value is -1.07. The summed E-state index contributed by atoms with van der Waals surface area (Å²) in [6.07, 6.45) is 6.16. The van der Waals surface area contributed by atoms with E-state index in [-0.39, 0.29) is 11.9 Å². The van der Waals surface area contributed by atoms with Gasteiger partial charge in [0.2, 0.25) is 5.91 Å². The van der Waals surface area contributed by atoms with E-state index in [1.807, 2.05) is 18.5 Å². The van der Waals surface area contributed by atoms with E-state index >= 15 is 0 Å². The zero-order valence-corrected chi connectivity index (χ0v) is 14.7. The number of nitrogens with zero attached hydrogens (tertiary/aromatic N) is 2. The summed E-state index contributed by atoms with van der Waals surface area (Å²) in [4.78, 5) is 18.8. The molecule has 0 saturated carbocycles. The van der Waals surface area contributed by atoms with Crippen LogP contribution < -0.4 is 5.32 Å². The van der Waals surface area contributed by atoms with Crippen molar-refractivity contribution in [3.8, 4) is 0 Å². The number of hydrogen-bond donors (Lipinski definition) is 1. The second-order valence-electron chi connectivity index (χ2n) is 6.12. The first kappa shape index (κ1) is 17.3. The molecule has 2 rings (SSSR count). The number of nitrogens with one attached hydrogen (secondary N) is 1. The lowest BCUT2D eigenvalue weighted by Crippen LogP contribution is -2.41. The smallest absolute Gasteiger partial charge is 0.230 e. The fraction of sp³-hybridized carbons (Fsp3) is 0.647. The highest BCUT2D eigenvalue weighted by Crippen LogP contribution is 2.23. The van der Waals surface area contributed by atoms with E-state index in [1.165, 1.54) is 12.0 Å². The van der Waals surface area contributed by atoms with Crippen molar-refractivity contribution in [3.05, 3.63) is 29.6 Å². The molecule has 0 radical (unpaired) electrons. The van der Waals surface area contributed by atoms with Crippen LogP contribution in [0.2, 0.25) is 0 Å². The van der Waals surface area contributed by atoms with Gasteiger partial charge in [0.15, 0.2) is 0 Å². The second-order valence-corrected chi connectivity index (χ2v) is 6.98. The molecule has 5 heteroatoms. The first-order valence-corrected chi connectivity index (χ1v) is 9.44. The topological polar surface area (TPSA) is 45.2 Å². The van der Waals surface area contributed by atoms with Crippen LogP contribution in [0.5, 0.6) is 0 Å². The monoisotopic (exact) mass is 321 g/mol. The molecule has 2 atom stereocenters. The summed E-state index contributed by atoms with van der Waals surface area (Å²) >= 11 is 1.58. The maximum atomic E-state index is 11.9. The lowest BCUT2D eigenvalue weighted by Gasteiger charge is -2.19. The van der Waals surface area contributed by atoms with Crippen LogP contribution in [-0.2, 0) is 11.3 Å². The number of amides is 1. The van der Waals surface area contributed by atoms with Gasteiger partial charge in [0.25, 0.3) is 0 Å². The minimum absolute atomic E-state index is 0.162. The number of hydrogen-bond acceptors (Lipinski definition) is 4. The molecule has 1 fully saturated rings. The summed E-state index contributed by atoms with van der Waals surface area (Å²) in [6.45, 7) is 7.18. The summed E-state index contributed by atoms with van der Waals surface area (Å²) < 4.78 is 0. The molecule has 22 heavy (non-hydrogen) atoms. The number of carbonyl (C=O) groups excluding carboxylic acids is 1. The maximum Gasteiger partial charge on any atom is 0.230 e. The third-order valence-electron chi connectivity index (χ3n) is 4.29. The number of aromatic nitrogens is 1. The highest BCUT2D eigenvalue weighted by Gasteiger charge is 2.33. The van der Waals surface area contributed by atoms with Crippen LogP contribution in [0.15, 0.2) is 18.3 Å². The standard InChI is InChI=1S/C17H27N3OS/c1-4-6-14-9-20(10-15-13(2)7-5-8-18-15)11-16(14)19-17(21)12-22-3/h5,7-8,14,16H,4,6,9-12H2,1-3H3,(H,19,21)/t14-,16-/m0/s1. The van der Waals surface area contributed by atoms with Crippen molar-refractivity contribution in [2.75, 3.05) is 25.1 Å². The Morgan fingerprint density at radius 2 is 2.32 bits per heavy atom. The van der Waals surface area contributed by atoms with Crippen LogP contribution in [0.3, 0.4) is 0 Å². The highest BCUT2D eigenvalue weighted by atomic mass is 32.2. The Morgan fingerprint density at radius 3 is 3.00 bits per heavy atom. The fourth-order valence-corrected chi connectivity index (χ4v) is 3.54. The molecule has 122 valence electrons. The first-order valence-electron chi connectivity index (χ1n) is 8.05. The Balaban J connectivity index is 1.97. The average Bonchev–Trinajstić information content (AvgIpc) is 2.84. The molecular formula is C17H27N3OS. The zero-order valence-electron chi connectivity index (χ0n) is 13.8. The van der Waals surface area contributed by atoms with E-state index in [4.69, 9.17) is 0 Å². The molecule has 0 spiro atoms. The van der Waals surface area contributed by atoms with Gasteiger partial charge in [-0.1, -0.05) is 19.4 Å². The minimum atomic E-state index is 0.162. The molecule has 0 aliphatic carbocycles. The Morgan fingerprint density at radius 1 is 1.50 bits per heavy atom. The van der Waals surface area contributed by atoms with Gasteiger partial charge < -0.3 is 5.32 Å². The molecule has 1 N–H and O–H groups in total. The van der Waals surface area contributed by atoms with Gasteiger partial charge in [0.1, 0.15) is 0 Å². The van der Waals surface area contributed by atoms with Crippen molar-refractivity contribution in [2.24, 2.45) is 5.92 Å². The SMILES string of the molecule is CCC[C@H]1CN(Cc2ncccc2C)C[C@@H]1NC(=O)CSC. The van der Waals surface area contributed by atoms with Crippen molar-refractivity contribution < 1.29 is 4.79 Å². The number of rotatable bonds is 7. The second kappa shape index (κ2) is 8.53. The number of pyridine rings is 1. The lowest BCUT2D eigenvalue weighted by atomic mass is 9.98. The van der Waals surface area contributed by atoms with E-state index in [9.17, 15) is 4.79 Å². The summed E-state index contributed by atoms with van der Waals surface area (Å²) in [7, 11) is 0. The van der Waals surface area contributed by atoms with Gasteiger partial charge >= 0.3 is 0 Å². The minimum Gasteiger partial charge on any atom is -0.351 e. The third kappa shape index (κ3) is 4.71. The van der Waals surface area contributed by atoms with Crippen molar-refractivity contribution in [1.29, 1.82) is 0 Å². The lowest BCUT2D eigenvalue weighted by molar-refractivity contribution is -0.119. The number of carbonyl (C=O) groups is 1. The van der Waals surface area contributed by atoms with Crippen LogP contribution in [0, 0.1) is 12.8 Å². The summed E-state index contributed by atoms with van der Waals surface area (Å²) in [5.41, 5.74) is 2.39. The molecule has 1 saturated heterocycles. The Bertz CT molecular complexity index is 495. The molecule has 1 aromatic heterocycles. The molecule has 0 bridgehead atoms. The van der Waals surface area contributed by atoms with Gasteiger partial charge in [0.05, 0.1) is 11.4 Å². The van der Waals surface area contributed by atoms with Crippen molar-refractivity contribution in [1.82, 2.24) is 15.2 Å². The number of thioether (sulfide) groups is 1. The molecule has 0 aromatic carbocycles. The largest absolute Gasteiger partial charge is 0.351 e. The highest BCUT2D eigenvalue weighted by molar-refractivity contribution is 7.99. The molecule has 0 unspecified atom stereocenters. The van der Waals surface area contributed by atoms with Crippen LogP contribution in [-0.4, -0.2) is 46.9 Å². The van der Waals surface area contributed by atoms with Gasteiger partial charge in [0, 0.05) is 31.9 Å². The van der Waals surface area contributed by atoms with E-state index in [0.29, 0.717) is 11.7 Å². The van der Waals surface area contributed by atoms with Gasteiger partial charge in [-0.05, 0) is 37.1 Å². The molecule has 1 aliphatic rings. The van der Waals surface area contributed by atoms with Crippen LogP contribution >= 0.6 is 11.8 Å². The van der Waals surface area contributed by atoms with Crippen molar-refractivity contribution >= 4 is 17.7 Å². The molecular weight excluding hydrogens is 294 g/mol. The van der Waals surface area contributed by atoms with E-state index in [1.54, 1.807) is 11.8 Å². The van der Waals surface area contributed by atoms with Gasteiger partial charge in [-0.15, -0.1) is 0 Å². The predicted molar refractivity (Wildman–Crippen MR) is 93.0 cm³/mol. The van der Waals surface area contributed by atoms with Crippen LogP contribution in [0.25, 0.3) is 0 Å². The van der Waals surface area contributed by atoms with Gasteiger partial charge in [-0.3, -0.25) is 14.7 Å². The fourth-order valence-electron chi connectivity index (χ4n) is 3.19. The third-order valence-corrected chi connectivity index (χ3v) is 4.84. The first-order chi connectivity index (χ1) is 10.6. The quantitative estimate of drug-likeness (QED) is 0.838. The van der Waals surface area contributed by atoms with E-state index in [0.717, 1.165) is 31.7 Å². The average molecular weight is 321 g/mol. The van der Waals surface area contributed by atoms with Crippen molar-refractivity contribution in [2.45, 2.75) is 39.3 Å². The summed E-state index contributed by atoms with van der Waals surface area (Å²) in [5.74, 6) is 1.27. The van der Waals surface area contributed by atoms with Crippen molar-refractivity contribution in [3.63, 3.8) is 0 Å². The van der Waals surface area contributed by atoms with Gasteiger partial charge in [-0.25, -0.2) is 0 Å². The zero-order chi connectivity index (χ0) is 15.9. The molecule has 2 heterocycles.